The van der Waals surface area contributed by atoms with Crippen molar-refractivity contribution in [3.8, 4) is 0 Å². The van der Waals surface area contributed by atoms with Gasteiger partial charge in [0.1, 0.15) is 0 Å². The molecule has 1 aromatic rings. The third kappa shape index (κ3) is 4.32. The van der Waals surface area contributed by atoms with E-state index in [4.69, 9.17) is 5.73 Å². The normalized spacial score (nSPS) is 13.1. The molecule has 3 N–H and O–H groups in total. The highest BCUT2D eigenvalue weighted by Crippen LogP contribution is 2.08. The topological polar surface area (TPSA) is 49.5 Å². The Labute approximate surface area is 91.5 Å². The quantitative estimate of drug-likeness (QED) is 0.720. The molecule has 0 bridgehead atoms. The average molecular weight is 208 g/mol. The number of aliphatic hydroxyl groups is 1. The second kappa shape index (κ2) is 5.73. The number of hydrogen-bond acceptors (Lipinski definition) is 3. The van der Waals surface area contributed by atoms with Gasteiger partial charge in [0.05, 0.1) is 6.10 Å². The van der Waals surface area contributed by atoms with Crippen LogP contribution >= 0.6 is 0 Å². The van der Waals surface area contributed by atoms with Gasteiger partial charge in [-0.1, -0.05) is 19.1 Å². The van der Waals surface area contributed by atoms with E-state index in [0.717, 1.165) is 18.8 Å². The second-order valence-corrected chi connectivity index (χ2v) is 3.92. The molecule has 15 heavy (non-hydrogen) atoms. The molecule has 3 nitrogen and oxygen atoms in total. The summed E-state index contributed by atoms with van der Waals surface area (Å²) in [5, 5.41) is 9.31. The van der Waals surface area contributed by atoms with E-state index in [1.54, 1.807) is 0 Å². The fraction of sp³-hybridized carbons (Fsp3) is 0.500. The smallest absolute Gasteiger partial charge is 0.0639 e. The van der Waals surface area contributed by atoms with Crippen LogP contribution in [0, 0.1) is 0 Å². The van der Waals surface area contributed by atoms with E-state index in [9.17, 15) is 5.11 Å². The molecular weight excluding hydrogens is 188 g/mol. The average Bonchev–Trinajstić information content (AvgIpc) is 2.19. The summed E-state index contributed by atoms with van der Waals surface area (Å²) < 4.78 is 0. The van der Waals surface area contributed by atoms with Gasteiger partial charge in [-0.2, -0.15) is 0 Å². The molecule has 0 fully saturated rings. The Morgan fingerprint density at radius 1 is 1.33 bits per heavy atom. The first-order valence-corrected chi connectivity index (χ1v) is 5.36. The molecule has 0 radical (unpaired) electrons. The Hall–Kier alpha value is -1.06. The van der Waals surface area contributed by atoms with Gasteiger partial charge >= 0.3 is 0 Å². The zero-order valence-electron chi connectivity index (χ0n) is 9.48. The standard InChI is InChI=1S/C12H20N2O/c1-3-14(8-10(2)15)9-11-4-6-12(13)7-5-11/h4-7,10,15H,3,8-9,13H2,1-2H3. The minimum atomic E-state index is -0.279. The van der Waals surface area contributed by atoms with Crippen LogP contribution in [0.5, 0.6) is 0 Å². The summed E-state index contributed by atoms with van der Waals surface area (Å²) in [7, 11) is 0. The molecule has 0 aliphatic rings. The predicted molar refractivity (Wildman–Crippen MR) is 63.5 cm³/mol. The van der Waals surface area contributed by atoms with E-state index >= 15 is 0 Å². The molecule has 0 aliphatic heterocycles. The van der Waals surface area contributed by atoms with E-state index in [-0.39, 0.29) is 6.10 Å². The molecule has 0 heterocycles. The van der Waals surface area contributed by atoms with Crippen molar-refractivity contribution in [2.24, 2.45) is 0 Å². The van der Waals surface area contributed by atoms with Crippen molar-refractivity contribution in [3.05, 3.63) is 29.8 Å². The lowest BCUT2D eigenvalue weighted by atomic mass is 10.2. The first-order chi connectivity index (χ1) is 7.11. The van der Waals surface area contributed by atoms with Gasteiger partial charge in [0.25, 0.3) is 0 Å². The van der Waals surface area contributed by atoms with Crippen molar-refractivity contribution in [2.45, 2.75) is 26.5 Å². The molecule has 0 spiro atoms. The Kier molecular flexibility index (Phi) is 4.59. The summed E-state index contributed by atoms with van der Waals surface area (Å²) in [5.74, 6) is 0. The van der Waals surface area contributed by atoms with E-state index in [0.29, 0.717) is 6.54 Å². The lowest BCUT2D eigenvalue weighted by Crippen LogP contribution is -2.30. The molecule has 3 heteroatoms. The summed E-state index contributed by atoms with van der Waals surface area (Å²) in [6, 6.07) is 7.87. The van der Waals surface area contributed by atoms with E-state index < -0.39 is 0 Å². The Morgan fingerprint density at radius 2 is 1.93 bits per heavy atom. The summed E-state index contributed by atoms with van der Waals surface area (Å²) in [6.45, 7) is 6.42. The third-order valence-corrected chi connectivity index (χ3v) is 2.36. The van der Waals surface area contributed by atoms with Gasteiger partial charge in [-0.3, -0.25) is 4.90 Å². The number of anilines is 1. The van der Waals surface area contributed by atoms with Gasteiger partial charge in [0.2, 0.25) is 0 Å². The van der Waals surface area contributed by atoms with Gasteiger partial charge < -0.3 is 10.8 Å². The largest absolute Gasteiger partial charge is 0.399 e. The maximum Gasteiger partial charge on any atom is 0.0639 e. The first-order valence-electron chi connectivity index (χ1n) is 5.36. The Balaban J connectivity index is 2.54. The lowest BCUT2D eigenvalue weighted by molar-refractivity contribution is 0.126. The highest BCUT2D eigenvalue weighted by Gasteiger charge is 2.06. The molecule has 1 atom stereocenters. The molecule has 0 saturated carbocycles. The molecule has 84 valence electrons. The van der Waals surface area contributed by atoms with E-state index in [1.165, 1.54) is 5.56 Å². The van der Waals surface area contributed by atoms with Gasteiger partial charge in [0, 0.05) is 18.8 Å². The van der Waals surface area contributed by atoms with E-state index in [2.05, 4.69) is 11.8 Å². The molecule has 0 aliphatic carbocycles. The van der Waals surface area contributed by atoms with Gasteiger partial charge in [-0.05, 0) is 31.2 Å². The highest BCUT2D eigenvalue weighted by atomic mass is 16.3. The monoisotopic (exact) mass is 208 g/mol. The third-order valence-electron chi connectivity index (χ3n) is 2.36. The van der Waals surface area contributed by atoms with Crippen LogP contribution in [0.25, 0.3) is 0 Å². The van der Waals surface area contributed by atoms with Crippen LogP contribution in [0.15, 0.2) is 24.3 Å². The van der Waals surface area contributed by atoms with Gasteiger partial charge in [-0.25, -0.2) is 0 Å². The van der Waals surface area contributed by atoms with Crippen molar-refractivity contribution in [2.75, 3.05) is 18.8 Å². The highest BCUT2D eigenvalue weighted by molar-refractivity contribution is 5.39. The number of aliphatic hydroxyl groups excluding tert-OH is 1. The zero-order valence-corrected chi connectivity index (χ0v) is 9.48. The molecule has 1 rings (SSSR count). The number of nitrogens with two attached hydrogens (primary N) is 1. The SMILES string of the molecule is CCN(Cc1ccc(N)cc1)CC(C)O. The Bertz CT molecular complexity index is 282. The number of rotatable bonds is 5. The second-order valence-electron chi connectivity index (χ2n) is 3.92. The maximum atomic E-state index is 9.31. The number of nitrogen functional groups attached to an aromatic ring is 1. The molecule has 0 amide bonds. The van der Waals surface area contributed by atoms with Crippen LogP contribution in [0.3, 0.4) is 0 Å². The molecule has 0 aromatic heterocycles. The first kappa shape index (κ1) is 12.0. The molecule has 1 aromatic carbocycles. The van der Waals surface area contributed by atoms with Crippen LogP contribution in [0.4, 0.5) is 5.69 Å². The Morgan fingerprint density at radius 3 is 2.40 bits per heavy atom. The minimum absolute atomic E-state index is 0.279. The van der Waals surface area contributed by atoms with Gasteiger partial charge in [0.15, 0.2) is 0 Å². The summed E-state index contributed by atoms with van der Waals surface area (Å²) in [6.07, 6.45) is -0.279. The van der Waals surface area contributed by atoms with Crippen LogP contribution in [-0.2, 0) is 6.54 Å². The lowest BCUT2D eigenvalue weighted by Gasteiger charge is -2.21. The summed E-state index contributed by atoms with van der Waals surface area (Å²) >= 11 is 0. The van der Waals surface area contributed by atoms with Crippen molar-refractivity contribution >= 4 is 5.69 Å². The van der Waals surface area contributed by atoms with E-state index in [1.807, 2.05) is 31.2 Å². The van der Waals surface area contributed by atoms with Crippen molar-refractivity contribution < 1.29 is 5.11 Å². The zero-order chi connectivity index (χ0) is 11.3. The number of hydrogen-bond donors (Lipinski definition) is 2. The predicted octanol–water partition coefficient (Wildman–Crippen LogP) is 1.47. The van der Waals surface area contributed by atoms with Crippen molar-refractivity contribution in [1.82, 2.24) is 4.90 Å². The minimum Gasteiger partial charge on any atom is -0.399 e. The summed E-state index contributed by atoms with van der Waals surface area (Å²) in [4.78, 5) is 2.20. The maximum absolute atomic E-state index is 9.31. The van der Waals surface area contributed by atoms with Crippen LogP contribution < -0.4 is 5.73 Å². The molecular formula is C12H20N2O. The number of nitrogens with zero attached hydrogens (tertiary/aromatic N) is 1. The van der Waals surface area contributed by atoms with Crippen molar-refractivity contribution in [1.29, 1.82) is 0 Å². The van der Waals surface area contributed by atoms with Gasteiger partial charge in [-0.15, -0.1) is 0 Å². The molecule has 0 saturated heterocycles. The van der Waals surface area contributed by atoms with Crippen LogP contribution in [0.2, 0.25) is 0 Å². The fourth-order valence-electron chi connectivity index (χ4n) is 1.56. The molecule has 1 unspecified atom stereocenters. The van der Waals surface area contributed by atoms with Crippen LogP contribution in [0.1, 0.15) is 19.4 Å². The number of likely N-dealkylation sites (N-methyl/N-ethyl adjacent to an activating group) is 1. The summed E-state index contributed by atoms with van der Waals surface area (Å²) in [5.41, 5.74) is 7.63. The van der Waals surface area contributed by atoms with Crippen LogP contribution in [-0.4, -0.2) is 29.2 Å². The van der Waals surface area contributed by atoms with Crippen molar-refractivity contribution in [3.63, 3.8) is 0 Å². The fourth-order valence-corrected chi connectivity index (χ4v) is 1.56. The number of benzene rings is 1.